The third-order valence-electron chi connectivity index (χ3n) is 2.25. The summed E-state index contributed by atoms with van der Waals surface area (Å²) in [5.41, 5.74) is 1.33. The number of allylic oxidation sites excluding steroid dienone is 2. The molecule has 0 aromatic rings. The summed E-state index contributed by atoms with van der Waals surface area (Å²) < 4.78 is 0. The van der Waals surface area contributed by atoms with E-state index in [2.05, 4.69) is 30.7 Å². The van der Waals surface area contributed by atoms with E-state index < -0.39 is 9.24 Å². The van der Waals surface area contributed by atoms with Crippen molar-refractivity contribution in [3.05, 3.63) is 22.5 Å². The maximum Gasteiger partial charge on any atom is -0.00292 e. The van der Waals surface area contributed by atoms with Crippen LogP contribution in [0.1, 0.15) is 39.5 Å². The Morgan fingerprint density at radius 1 is 1.31 bits per heavy atom. The van der Waals surface area contributed by atoms with E-state index in [0.717, 1.165) is 0 Å². The molecule has 0 spiro atoms. The molecule has 0 N–H and O–H groups in total. The van der Waals surface area contributed by atoms with E-state index in [-0.39, 0.29) is 0 Å². The van der Waals surface area contributed by atoms with Crippen molar-refractivity contribution in [1.29, 1.82) is 0 Å². The van der Waals surface area contributed by atoms with Crippen LogP contribution in [0.5, 0.6) is 0 Å². The molecule has 1 atom stereocenters. The predicted molar refractivity (Wildman–Crippen MR) is 65.4 cm³/mol. The average molecular weight is 219 g/mol. The summed E-state index contributed by atoms with van der Waals surface area (Å²) in [5.74, 6) is 1.17. The van der Waals surface area contributed by atoms with Crippen LogP contribution < -0.4 is 0 Å². The van der Waals surface area contributed by atoms with Crippen LogP contribution in [-0.2, 0) is 0 Å². The Kier molecular flexibility index (Phi) is 4.40. The Morgan fingerprint density at radius 3 is 2.62 bits per heavy atom. The fourth-order valence-corrected chi connectivity index (χ4v) is 4.50. The highest BCUT2D eigenvalue weighted by molar-refractivity contribution is 8.55. The van der Waals surface area contributed by atoms with Crippen molar-refractivity contribution in [3.63, 3.8) is 0 Å². The van der Waals surface area contributed by atoms with Gasteiger partial charge in [0.2, 0.25) is 0 Å². The zero-order valence-corrected chi connectivity index (χ0v) is 10.1. The summed E-state index contributed by atoms with van der Waals surface area (Å²) in [6.07, 6.45) is 7.41. The molecule has 0 saturated carbocycles. The highest BCUT2D eigenvalue weighted by Gasteiger charge is 2.17. The topological polar surface area (TPSA) is 0 Å². The molecule has 0 aliphatic carbocycles. The van der Waals surface area contributed by atoms with Gasteiger partial charge in [0, 0.05) is 0 Å². The number of hydrogen-bond donors (Lipinski definition) is 0. The van der Waals surface area contributed by atoms with Crippen LogP contribution in [0.4, 0.5) is 0 Å². The van der Waals surface area contributed by atoms with E-state index in [0.29, 0.717) is 0 Å². The Bertz CT molecular complexity index is 220. The van der Waals surface area contributed by atoms with Crippen LogP contribution in [0.15, 0.2) is 22.5 Å². The van der Waals surface area contributed by atoms with Crippen molar-refractivity contribution in [2.45, 2.75) is 39.5 Å². The van der Waals surface area contributed by atoms with Gasteiger partial charge < -0.3 is 0 Å². The molecule has 0 radical (unpaired) electrons. The van der Waals surface area contributed by atoms with Crippen molar-refractivity contribution in [2.75, 3.05) is 5.75 Å². The SMILES string of the molecule is CCCCCCS1(Cl)C=CC(C)=C1. The summed E-state index contributed by atoms with van der Waals surface area (Å²) in [6, 6.07) is 0. The maximum atomic E-state index is 6.46. The first-order chi connectivity index (χ1) is 6.16. The van der Waals surface area contributed by atoms with E-state index >= 15 is 0 Å². The Hall–Kier alpha value is 0.120. The quantitative estimate of drug-likeness (QED) is 0.573. The normalized spacial score (nSPS) is 31.5. The first-order valence-electron chi connectivity index (χ1n) is 5.03. The van der Waals surface area contributed by atoms with Gasteiger partial charge in [-0.15, -0.1) is 9.24 Å². The smallest absolute Gasteiger partial charge is 0.00292 e. The largest absolute Gasteiger partial charge is 0.122 e. The Morgan fingerprint density at radius 2 is 2.08 bits per heavy atom. The van der Waals surface area contributed by atoms with Crippen LogP contribution in [-0.4, -0.2) is 5.75 Å². The molecule has 0 bridgehead atoms. The number of hydrogen-bond acceptors (Lipinski definition) is 0. The number of rotatable bonds is 5. The fourth-order valence-electron chi connectivity index (χ4n) is 1.49. The van der Waals surface area contributed by atoms with Gasteiger partial charge >= 0.3 is 0 Å². The summed E-state index contributed by atoms with van der Waals surface area (Å²) >= 11 is 0. The molecule has 0 fully saturated rings. The molecule has 1 unspecified atom stereocenters. The van der Waals surface area contributed by atoms with E-state index in [1.165, 1.54) is 37.0 Å². The number of halogens is 1. The summed E-state index contributed by atoms with van der Waals surface area (Å²) in [7, 11) is 5.46. The molecule has 13 heavy (non-hydrogen) atoms. The van der Waals surface area contributed by atoms with Gasteiger partial charge in [-0.2, -0.15) is 0 Å². The van der Waals surface area contributed by atoms with Crippen molar-refractivity contribution >= 4 is 19.9 Å². The van der Waals surface area contributed by atoms with Crippen LogP contribution in [0.25, 0.3) is 0 Å². The maximum absolute atomic E-state index is 6.46. The van der Waals surface area contributed by atoms with Gasteiger partial charge in [-0.25, -0.2) is 0 Å². The molecule has 2 heteroatoms. The number of unbranched alkanes of at least 4 members (excludes halogenated alkanes) is 3. The molecule has 0 aromatic carbocycles. The molecule has 0 amide bonds. The second-order valence-corrected chi connectivity index (χ2v) is 7.84. The second-order valence-electron chi connectivity index (χ2n) is 3.69. The van der Waals surface area contributed by atoms with Gasteiger partial charge in [-0.3, -0.25) is 0 Å². The minimum Gasteiger partial charge on any atom is -0.122 e. The highest BCUT2D eigenvalue weighted by atomic mass is 35.7. The predicted octanol–water partition coefficient (Wildman–Crippen LogP) is 4.96. The standard InChI is InChI=1S/C11H19ClS/c1-3-4-5-6-8-13(12)9-7-11(2)10-13/h7,9-10H,3-6,8H2,1-2H3. The van der Waals surface area contributed by atoms with Crippen LogP contribution in [0.2, 0.25) is 0 Å². The molecule has 1 aliphatic heterocycles. The molecule has 76 valence electrons. The van der Waals surface area contributed by atoms with Crippen molar-refractivity contribution in [3.8, 4) is 0 Å². The zero-order chi connectivity index (χ0) is 9.73. The third-order valence-corrected chi connectivity index (χ3v) is 5.56. The molecule has 0 aromatic heterocycles. The van der Waals surface area contributed by atoms with E-state index in [1.807, 2.05) is 0 Å². The summed E-state index contributed by atoms with van der Waals surface area (Å²) in [4.78, 5) is 0. The van der Waals surface area contributed by atoms with Gasteiger partial charge in [0.25, 0.3) is 0 Å². The third kappa shape index (κ3) is 3.78. The van der Waals surface area contributed by atoms with Gasteiger partial charge in [0.15, 0.2) is 0 Å². The Balaban J connectivity index is 2.25. The summed E-state index contributed by atoms with van der Waals surface area (Å²) in [6.45, 7) is 4.36. The monoisotopic (exact) mass is 218 g/mol. The Labute approximate surface area is 87.9 Å². The van der Waals surface area contributed by atoms with Crippen molar-refractivity contribution in [2.24, 2.45) is 0 Å². The highest BCUT2D eigenvalue weighted by Crippen LogP contribution is 2.60. The first kappa shape index (κ1) is 11.2. The zero-order valence-electron chi connectivity index (χ0n) is 8.55. The lowest BCUT2D eigenvalue weighted by Gasteiger charge is -2.22. The average Bonchev–Trinajstić information content (AvgIpc) is 2.41. The van der Waals surface area contributed by atoms with E-state index in [4.69, 9.17) is 10.7 Å². The van der Waals surface area contributed by atoms with Gasteiger partial charge in [0.05, 0.1) is 0 Å². The molecule has 1 aliphatic rings. The van der Waals surface area contributed by atoms with Crippen LogP contribution >= 0.6 is 19.9 Å². The summed E-state index contributed by atoms with van der Waals surface area (Å²) in [5, 5.41) is 4.45. The molecule has 0 nitrogen and oxygen atoms in total. The molecular weight excluding hydrogens is 200 g/mol. The molecule has 1 rings (SSSR count). The van der Waals surface area contributed by atoms with Crippen molar-refractivity contribution < 1.29 is 0 Å². The minimum atomic E-state index is -1.00. The van der Waals surface area contributed by atoms with Gasteiger partial charge in [-0.1, -0.05) is 42.9 Å². The molecule has 1 heterocycles. The van der Waals surface area contributed by atoms with Crippen molar-refractivity contribution in [1.82, 2.24) is 0 Å². The molecule has 0 saturated heterocycles. The first-order valence-corrected chi connectivity index (χ1v) is 7.79. The fraction of sp³-hybridized carbons (Fsp3) is 0.636. The van der Waals surface area contributed by atoms with Crippen LogP contribution in [0.3, 0.4) is 0 Å². The lowest BCUT2D eigenvalue weighted by atomic mass is 10.2. The molecular formula is C11H19ClS. The van der Waals surface area contributed by atoms with Gasteiger partial charge in [-0.05, 0) is 35.5 Å². The van der Waals surface area contributed by atoms with Crippen LogP contribution in [0, 0.1) is 0 Å². The second kappa shape index (κ2) is 5.11. The lowest BCUT2D eigenvalue weighted by molar-refractivity contribution is 0.706. The van der Waals surface area contributed by atoms with E-state index in [1.54, 1.807) is 0 Å². The minimum absolute atomic E-state index is 1.00. The van der Waals surface area contributed by atoms with E-state index in [9.17, 15) is 0 Å². The van der Waals surface area contributed by atoms with Gasteiger partial charge in [0.1, 0.15) is 0 Å². The lowest BCUT2D eigenvalue weighted by Crippen LogP contribution is -1.90.